The molecule has 2 saturated carbocycles. The Labute approximate surface area is 228 Å². The highest BCUT2D eigenvalue weighted by atomic mass is 16.5. The van der Waals surface area contributed by atoms with Gasteiger partial charge in [-0.25, -0.2) is 0 Å². The molecule has 6 aliphatic rings. The molecule has 206 valence electrons. The molecule has 2 bridgehead atoms. The largest absolute Gasteiger partial charge is 0.389 e. The molecule has 4 N–H and O–H groups in total. The van der Waals surface area contributed by atoms with E-state index in [0.717, 1.165) is 37.7 Å². The quantitative estimate of drug-likeness (QED) is 0.473. The van der Waals surface area contributed by atoms with Crippen LogP contribution in [-0.2, 0) is 4.74 Å². The van der Waals surface area contributed by atoms with E-state index in [1.807, 2.05) is 17.3 Å². The van der Waals surface area contributed by atoms with Crippen molar-refractivity contribution in [3.05, 3.63) is 65.5 Å². The maximum Gasteiger partial charge on any atom is 0.105 e. The molecular formula is C32H38N2O5. The number of aliphatic hydroxyl groups excluding tert-OH is 4. The van der Waals surface area contributed by atoms with Gasteiger partial charge < -0.3 is 25.2 Å². The Morgan fingerprint density at radius 2 is 1.82 bits per heavy atom. The summed E-state index contributed by atoms with van der Waals surface area (Å²) in [4.78, 5) is 6.29. The predicted octanol–water partition coefficient (Wildman–Crippen LogP) is 2.82. The molecule has 10 atom stereocenters. The van der Waals surface area contributed by atoms with Crippen molar-refractivity contribution in [2.24, 2.45) is 11.3 Å². The normalized spacial score (nSPS) is 46.9. The Balaban J connectivity index is 1.15. The minimum Gasteiger partial charge on any atom is -0.389 e. The summed E-state index contributed by atoms with van der Waals surface area (Å²) in [7, 11) is 0. The predicted molar refractivity (Wildman–Crippen MR) is 146 cm³/mol. The number of fused-ring (bicyclic) bond motifs is 2. The van der Waals surface area contributed by atoms with E-state index in [9.17, 15) is 20.4 Å². The van der Waals surface area contributed by atoms with Gasteiger partial charge in [-0.15, -0.1) is 0 Å². The maximum absolute atomic E-state index is 11.4. The first-order chi connectivity index (χ1) is 18.7. The topological polar surface area (TPSA) is 106 Å². The van der Waals surface area contributed by atoms with E-state index in [1.54, 1.807) is 0 Å². The highest BCUT2D eigenvalue weighted by Crippen LogP contribution is 2.69. The lowest BCUT2D eigenvalue weighted by Crippen LogP contribution is -2.62. The molecule has 4 heterocycles. The molecule has 7 heteroatoms. The zero-order valence-corrected chi connectivity index (χ0v) is 22.4. The lowest BCUT2D eigenvalue weighted by atomic mass is 9.58. The smallest absolute Gasteiger partial charge is 0.105 e. The van der Waals surface area contributed by atoms with Crippen molar-refractivity contribution < 1.29 is 25.2 Å². The van der Waals surface area contributed by atoms with Crippen molar-refractivity contribution in [3.8, 4) is 0 Å². The number of benzene rings is 1. The fourth-order valence-electron chi connectivity index (χ4n) is 9.71. The van der Waals surface area contributed by atoms with Crippen LogP contribution in [0.1, 0.15) is 56.9 Å². The number of ether oxygens (including phenoxy) is 1. The molecule has 1 aromatic carbocycles. The SMILES string of the molecule is C[C@]12CC=C3C=C4[C@H](O)[C@H](O)[C@@H](N5C[C@H](O)[C@@H](O)C5)C[C@]45CCC3(O5)[C@@H]1CC[C@@H]2c1ccc2ccncc2c1. The van der Waals surface area contributed by atoms with Crippen molar-refractivity contribution >= 4 is 10.8 Å². The molecule has 2 aromatic rings. The Morgan fingerprint density at radius 1 is 1.00 bits per heavy atom. The van der Waals surface area contributed by atoms with Gasteiger partial charge in [0.25, 0.3) is 0 Å². The van der Waals surface area contributed by atoms with Gasteiger partial charge >= 0.3 is 0 Å². The van der Waals surface area contributed by atoms with Gasteiger partial charge in [0, 0.05) is 36.9 Å². The second-order valence-corrected chi connectivity index (χ2v) is 13.4. The van der Waals surface area contributed by atoms with Crippen molar-refractivity contribution in [2.75, 3.05) is 13.1 Å². The van der Waals surface area contributed by atoms with E-state index in [0.29, 0.717) is 31.3 Å². The summed E-state index contributed by atoms with van der Waals surface area (Å²) in [5, 5.41) is 45.3. The fourth-order valence-corrected chi connectivity index (χ4v) is 9.71. The van der Waals surface area contributed by atoms with Gasteiger partial charge in [-0.3, -0.25) is 9.88 Å². The van der Waals surface area contributed by atoms with Gasteiger partial charge in [-0.1, -0.05) is 31.2 Å². The third-order valence-corrected chi connectivity index (χ3v) is 11.7. The van der Waals surface area contributed by atoms with Crippen LogP contribution < -0.4 is 0 Å². The van der Waals surface area contributed by atoms with Crippen LogP contribution in [0.3, 0.4) is 0 Å². The van der Waals surface area contributed by atoms with Gasteiger partial charge in [0.1, 0.15) is 6.10 Å². The second-order valence-electron chi connectivity index (χ2n) is 13.4. The number of nitrogens with zero attached hydrogens (tertiary/aromatic N) is 2. The summed E-state index contributed by atoms with van der Waals surface area (Å²) in [5.41, 5.74) is 2.45. The Hall–Kier alpha value is -2.13. The summed E-state index contributed by atoms with van der Waals surface area (Å²) in [6.45, 7) is 3.04. The van der Waals surface area contributed by atoms with Crippen LogP contribution in [0.4, 0.5) is 0 Å². The van der Waals surface area contributed by atoms with Gasteiger partial charge in [-0.2, -0.15) is 0 Å². The molecule has 3 aliphatic heterocycles. The molecule has 7 nitrogen and oxygen atoms in total. The first-order valence-electron chi connectivity index (χ1n) is 14.7. The van der Waals surface area contributed by atoms with Crippen molar-refractivity contribution in [1.29, 1.82) is 0 Å². The minimum atomic E-state index is -1.02. The average molecular weight is 531 g/mol. The van der Waals surface area contributed by atoms with Gasteiger partial charge in [0.2, 0.25) is 0 Å². The Bertz CT molecular complexity index is 1400. The Kier molecular flexibility index (Phi) is 5.19. The number of rotatable bonds is 2. The monoisotopic (exact) mass is 530 g/mol. The molecule has 2 spiro atoms. The third kappa shape index (κ3) is 3.23. The standard InChI is InChI=1S/C32H38N2O5/c1-30-8-6-21-13-23-28(37)29(38)24(34-16-25(35)26(36)17-34)14-31(23)9-10-32(21,39-31)27(30)5-4-22(30)19-3-2-18-7-11-33-15-20(18)12-19/h2-3,6-7,11-13,15,22,24-29,35-38H,4-5,8-10,14,16-17H2,1H3/t22-,24+,25+,26+,27-,28+,29-,30-,31-,32?/m1/s1. The number of pyridine rings is 1. The lowest BCUT2D eigenvalue weighted by Gasteiger charge is -2.56. The van der Waals surface area contributed by atoms with Crippen LogP contribution in [0.5, 0.6) is 0 Å². The number of hydrogen-bond donors (Lipinski definition) is 4. The van der Waals surface area contributed by atoms with E-state index in [2.05, 4.69) is 48.3 Å². The van der Waals surface area contributed by atoms with Crippen LogP contribution in [0.15, 0.2) is 60.0 Å². The maximum atomic E-state index is 11.4. The first-order valence-corrected chi connectivity index (χ1v) is 14.7. The second kappa shape index (κ2) is 8.21. The number of β-amino-alcohol motifs (C(OH)–C–C–N with tert-alkyl or cyclic N) is 2. The lowest BCUT2D eigenvalue weighted by molar-refractivity contribution is -0.167. The minimum absolute atomic E-state index is 0.0611. The molecule has 4 fully saturated rings. The highest BCUT2D eigenvalue weighted by molar-refractivity contribution is 5.82. The van der Waals surface area contributed by atoms with E-state index in [4.69, 9.17) is 4.74 Å². The van der Waals surface area contributed by atoms with Crippen LogP contribution in [0.2, 0.25) is 0 Å². The molecule has 1 aromatic heterocycles. The third-order valence-electron chi connectivity index (χ3n) is 11.7. The van der Waals surface area contributed by atoms with Crippen molar-refractivity contribution in [3.63, 3.8) is 0 Å². The molecule has 0 radical (unpaired) electrons. The first kappa shape index (κ1) is 24.6. The van der Waals surface area contributed by atoms with Crippen LogP contribution in [0.25, 0.3) is 10.8 Å². The molecule has 1 unspecified atom stereocenters. The van der Waals surface area contributed by atoms with Crippen molar-refractivity contribution in [1.82, 2.24) is 9.88 Å². The average Bonchev–Trinajstić information content (AvgIpc) is 3.57. The molecular weight excluding hydrogens is 492 g/mol. The summed E-state index contributed by atoms with van der Waals surface area (Å²) in [5.74, 6) is 0.804. The van der Waals surface area contributed by atoms with Gasteiger partial charge in [0.15, 0.2) is 0 Å². The van der Waals surface area contributed by atoms with Crippen molar-refractivity contribution in [2.45, 2.75) is 93.0 Å². The molecule has 3 aliphatic carbocycles. The summed E-state index contributed by atoms with van der Waals surface area (Å²) in [6.07, 6.45) is 10.1. The van der Waals surface area contributed by atoms with Gasteiger partial charge in [-0.05, 0) is 90.0 Å². The fraction of sp³-hybridized carbons (Fsp3) is 0.594. The molecule has 39 heavy (non-hydrogen) atoms. The summed E-state index contributed by atoms with van der Waals surface area (Å²) in [6, 6.07) is 8.55. The van der Waals surface area contributed by atoms with E-state index in [-0.39, 0.29) is 17.1 Å². The molecule has 8 rings (SSSR count). The van der Waals surface area contributed by atoms with E-state index in [1.165, 1.54) is 21.9 Å². The Morgan fingerprint density at radius 3 is 2.64 bits per heavy atom. The molecule has 0 amide bonds. The summed E-state index contributed by atoms with van der Waals surface area (Å²) < 4.78 is 7.31. The number of aliphatic hydroxyl groups is 4. The number of hydrogen-bond acceptors (Lipinski definition) is 7. The number of aromatic nitrogens is 1. The van der Waals surface area contributed by atoms with Crippen LogP contribution in [-0.4, -0.2) is 85.1 Å². The van der Waals surface area contributed by atoms with Gasteiger partial charge in [0.05, 0.1) is 29.5 Å². The number of likely N-dealkylation sites (tertiary alicyclic amines) is 1. The summed E-state index contributed by atoms with van der Waals surface area (Å²) >= 11 is 0. The zero-order valence-electron chi connectivity index (χ0n) is 22.4. The van der Waals surface area contributed by atoms with Crippen LogP contribution in [0, 0.1) is 11.3 Å². The van der Waals surface area contributed by atoms with E-state index >= 15 is 0 Å². The number of allylic oxidation sites excluding steroid dienone is 1. The van der Waals surface area contributed by atoms with E-state index < -0.39 is 30.0 Å². The van der Waals surface area contributed by atoms with Crippen LogP contribution >= 0.6 is 0 Å². The highest BCUT2D eigenvalue weighted by Gasteiger charge is 2.68. The molecule has 2 saturated heterocycles. The zero-order chi connectivity index (χ0) is 26.7.